The van der Waals surface area contributed by atoms with Crippen LogP contribution in [0.4, 0.5) is 0 Å². The Kier molecular flexibility index (Phi) is 6.65. The van der Waals surface area contributed by atoms with E-state index in [0.29, 0.717) is 31.5 Å². The van der Waals surface area contributed by atoms with E-state index < -0.39 is 0 Å². The Morgan fingerprint density at radius 1 is 1.26 bits per heavy atom. The van der Waals surface area contributed by atoms with Gasteiger partial charge in [-0.3, -0.25) is 4.99 Å². The fourth-order valence-corrected chi connectivity index (χ4v) is 3.07. The number of hydrogen-bond donors (Lipinski definition) is 2. The normalized spacial score (nSPS) is 11.2. The average Bonchev–Trinajstić information content (AvgIpc) is 3.39. The highest BCUT2D eigenvalue weighted by Gasteiger charge is 2.09. The van der Waals surface area contributed by atoms with E-state index in [0.717, 1.165) is 21.9 Å². The molecule has 0 unspecified atom stereocenters. The van der Waals surface area contributed by atoms with Crippen molar-refractivity contribution in [3.63, 3.8) is 0 Å². The van der Waals surface area contributed by atoms with Gasteiger partial charge in [-0.25, -0.2) is 4.98 Å². The molecule has 0 saturated heterocycles. The number of benzene rings is 1. The van der Waals surface area contributed by atoms with Crippen molar-refractivity contribution in [3.8, 4) is 16.5 Å². The number of guanidine groups is 1. The molecule has 0 radical (unpaired) electrons. The lowest BCUT2D eigenvalue weighted by atomic mass is 10.2. The monoisotopic (exact) mass is 382 g/mol. The van der Waals surface area contributed by atoms with Crippen molar-refractivity contribution in [3.05, 3.63) is 72.0 Å². The number of thiophene rings is 1. The molecule has 2 aromatic heterocycles. The predicted octanol–water partition coefficient (Wildman–Crippen LogP) is 3.83. The third-order valence-electron chi connectivity index (χ3n) is 3.72. The molecule has 3 aromatic rings. The molecule has 0 aliphatic carbocycles. The maximum Gasteiger partial charge on any atom is 0.236 e. The first-order chi connectivity index (χ1) is 13.3. The van der Waals surface area contributed by atoms with Crippen molar-refractivity contribution >= 4 is 17.3 Å². The Labute approximate surface area is 162 Å². The third kappa shape index (κ3) is 5.21. The summed E-state index contributed by atoms with van der Waals surface area (Å²) in [5.74, 6) is 2.14. The highest BCUT2D eigenvalue weighted by molar-refractivity contribution is 7.13. The minimum Gasteiger partial charge on any atom is -0.489 e. The number of nitrogens with zero attached hydrogens (tertiary/aromatic N) is 2. The zero-order chi connectivity index (χ0) is 18.9. The van der Waals surface area contributed by atoms with Crippen LogP contribution in [0.5, 0.6) is 5.75 Å². The Morgan fingerprint density at radius 3 is 2.89 bits per heavy atom. The fraction of sp³-hybridized carbons (Fsp3) is 0.200. The molecule has 0 aliphatic rings. The Balaban J connectivity index is 1.54. The lowest BCUT2D eigenvalue weighted by molar-refractivity contribution is 0.358. The molecule has 6 nitrogen and oxygen atoms in total. The van der Waals surface area contributed by atoms with Gasteiger partial charge in [0.25, 0.3) is 0 Å². The summed E-state index contributed by atoms with van der Waals surface area (Å²) in [7, 11) is 1.73. The van der Waals surface area contributed by atoms with Crippen LogP contribution in [0.3, 0.4) is 0 Å². The van der Waals surface area contributed by atoms with E-state index in [1.807, 2.05) is 41.8 Å². The summed E-state index contributed by atoms with van der Waals surface area (Å²) in [6.45, 7) is 5.26. The lowest BCUT2D eigenvalue weighted by Crippen LogP contribution is -2.36. The topological polar surface area (TPSA) is 71.7 Å². The van der Waals surface area contributed by atoms with Crippen molar-refractivity contribution in [1.29, 1.82) is 0 Å². The van der Waals surface area contributed by atoms with Gasteiger partial charge in [-0.2, -0.15) is 0 Å². The van der Waals surface area contributed by atoms with Gasteiger partial charge in [-0.15, -0.1) is 11.3 Å². The highest BCUT2D eigenvalue weighted by atomic mass is 32.1. The van der Waals surface area contributed by atoms with Gasteiger partial charge < -0.3 is 19.8 Å². The van der Waals surface area contributed by atoms with Gasteiger partial charge in [0.1, 0.15) is 18.6 Å². The molecule has 1 aromatic carbocycles. The molecule has 3 rings (SSSR count). The second-order valence-electron chi connectivity index (χ2n) is 5.61. The van der Waals surface area contributed by atoms with Gasteiger partial charge in [0, 0.05) is 19.2 Å². The summed E-state index contributed by atoms with van der Waals surface area (Å²) in [6.07, 6.45) is 3.39. The van der Waals surface area contributed by atoms with Crippen LogP contribution < -0.4 is 15.4 Å². The minimum atomic E-state index is 0.475. The molecule has 2 heterocycles. The SMILES string of the molecule is C=CCOc1ccccc1CNC(=NC)NCc1coc(-c2cccs2)n1. The van der Waals surface area contributed by atoms with E-state index in [2.05, 4.69) is 27.2 Å². The van der Waals surface area contributed by atoms with Crippen LogP contribution in [0, 0.1) is 0 Å². The number of nitrogens with one attached hydrogen (secondary N) is 2. The van der Waals surface area contributed by atoms with Crippen LogP contribution in [0.15, 0.2) is 70.1 Å². The molecule has 27 heavy (non-hydrogen) atoms. The number of aromatic nitrogens is 1. The molecule has 0 spiro atoms. The average molecular weight is 382 g/mol. The third-order valence-corrected chi connectivity index (χ3v) is 4.58. The molecule has 2 N–H and O–H groups in total. The molecule has 0 amide bonds. The van der Waals surface area contributed by atoms with Gasteiger partial charge in [-0.1, -0.05) is 36.9 Å². The highest BCUT2D eigenvalue weighted by Crippen LogP contribution is 2.23. The number of hydrogen-bond acceptors (Lipinski definition) is 5. The van der Waals surface area contributed by atoms with E-state index in [1.54, 1.807) is 30.7 Å². The summed E-state index contributed by atoms with van der Waals surface area (Å²) in [6, 6.07) is 11.9. The second kappa shape index (κ2) is 9.59. The predicted molar refractivity (Wildman–Crippen MR) is 109 cm³/mol. The largest absolute Gasteiger partial charge is 0.489 e. The van der Waals surface area contributed by atoms with Gasteiger partial charge in [0.05, 0.1) is 17.1 Å². The van der Waals surface area contributed by atoms with Crippen LogP contribution in [-0.4, -0.2) is 24.6 Å². The number of oxazole rings is 1. The van der Waals surface area contributed by atoms with E-state index in [1.165, 1.54) is 0 Å². The molecular formula is C20H22N4O2S. The zero-order valence-electron chi connectivity index (χ0n) is 15.1. The van der Waals surface area contributed by atoms with Crippen molar-refractivity contribution in [1.82, 2.24) is 15.6 Å². The Bertz CT molecular complexity index is 887. The molecular weight excluding hydrogens is 360 g/mol. The van der Waals surface area contributed by atoms with Crippen molar-refractivity contribution in [2.75, 3.05) is 13.7 Å². The van der Waals surface area contributed by atoms with E-state index >= 15 is 0 Å². The Hall–Kier alpha value is -3.06. The molecule has 7 heteroatoms. The molecule has 0 saturated carbocycles. The number of aliphatic imine (C=N–C) groups is 1. The second-order valence-corrected chi connectivity index (χ2v) is 6.56. The number of rotatable bonds is 8. The summed E-state index contributed by atoms with van der Waals surface area (Å²) in [5.41, 5.74) is 1.86. The summed E-state index contributed by atoms with van der Waals surface area (Å²) >= 11 is 1.60. The zero-order valence-corrected chi connectivity index (χ0v) is 16.0. The van der Waals surface area contributed by atoms with Crippen molar-refractivity contribution in [2.45, 2.75) is 13.1 Å². The minimum absolute atomic E-state index is 0.475. The first-order valence-corrected chi connectivity index (χ1v) is 9.42. The van der Waals surface area contributed by atoms with Crippen LogP contribution in [0.25, 0.3) is 10.8 Å². The van der Waals surface area contributed by atoms with Crippen LogP contribution in [0.1, 0.15) is 11.3 Å². The molecule has 140 valence electrons. The molecule has 0 atom stereocenters. The van der Waals surface area contributed by atoms with Gasteiger partial charge in [0.2, 0.25) is 5.89 Å². The summed E-state index contributed by atoms with van der Waals surface area (Å²) in [5, 5.41) is 8.52. The van der Waals surface area contributed by atoms with Crippen molar-refractivity contribution in [2.24, 2.45) is 4.99 Å². The number of para-hydroxylation sites is 1. The molecule has 0 fully saturated rings. The van der Waals surface area contributed by atoms with E-state index in [4.69, 9.17) is 9.15 Å². The smallest absolute Gasteiger partial charge is 0.236 e. The van der Waals surface area contributed by atoms with Gasteiger partial charge >= 0.3 is 0 Å². The van der Waals surface area contributed by atoms with Gasteiger partial charge in [0.15, 0.2) is 5.96 Å². The first-order valence-electron chi connectivity index (χ1n) is 8.54. The maximum atomic E-state index is 5.68. The summed E-state index contributed by atoms with van der Waals surface area (Å²) < 4.78 is 11.2. The maximum absolute atomic E-state index is 5.68. The molecule has 0 bridgehead atoms. The standard InChI is InChI=1S/C20H22N4O2S/c1-3-10-25-17-8-5-4-7-15(17)12-22-20(21-2)23-13-16-14-26-19(24-16)18-9-6-11-27-18/h3-9,11,14H,1,10,12-13H2,2H3,(H2,21,22,23). The van der Waals surface area contributed by atoms with Crippen molar-refractivity contribution < 1.29 is 9.15 Å². The van der Waals surface area contributed by atoms with E-state index in [-0.39, 0.29) is 0 Å². The van der Waals surface area contributed by atoms with Crippen LogP contribution in [0.2, 0.25) is 0 Å². The van der Waals surface area contributed by atoms with E-state index in [9.17, 15) is 0 Å². The lowest BCUT2D eigenvalue weighted by Gasteiger charge is -2.13. The van der Waals surface area contributed by atoms with Gasteiger partial charge in [-0.05, 0) is 17.5 Å². The first kappa shape index (κ1) is 18.7. The molecule has 0 aliphatic heterocycles. The fourth-order valence-electron chi connectivity index (χ4n) is 2.41. The summed E-state index contributed by atoms with van der Waals surface area (Å²) in [4.78, 5) is 9.76. The van der Waals surface area contributed by atoms with Crippen LogP contribution in [-0.2, 0) is 13.1 Å². The quantitative estimate of drug-likeness (QED) is 0.352. The Morgan fingerprint density at radius 2 is 2.11 bits per heavy atom. The van der Waals surface area contributed by atoms with Crippen LogP contribution >= 0.6 is 11.3 Å². The number of ether oxygens (including phenoxy) is 1.